The summed E-state index contributed by atoms with van der Waals surface area (Å²) in [4.78, 5) is 13.9. The van der Waals surface area contributed by atoms with E-state index in [1.807, 2.05) is 55.5 Å². The molecule has 2 aromatic rings. The average Bonchev–Trinajstić information content (AvgIpc) is 2.60. The molecule has 0 spiro atoms. The molecule has 1 aliphatic rings. The van der Waals surface area contributed by atoms with Crippen molar-refractivity contribution in [2.45, 2.75) is 13.0 Å². The molecule has 0 aliphatic carbocycles. The number of hydrogen-bond acceptors (Lipinski definition) is 4. The number of nitrogens with zero attached hydrogens (tertiary/aromatic N) is 1. The highest BCUT2D eigenvalue weighted by atomic mass is 16.6. The smallest absolute Gasteiger partial charge is 0.260 e. The van der Waals surface area contributed by atoms with Crippen LogP contribution in [0.15, 0.2) is 48.5 Å². The predicted molar refractivity (Wildman–Crippen MR) is 90.7 cm³/mol. The topological polar surface area (TPSA) is 48.0 Å². The van der Waals surface area contributed by atoms with Gasteiger partial charge in [-0.15, -0.1) is 0 Å². The van der Waals surface area contributed by atoms with Crippen LogP contribution in [0.2, 0.25) is 0 Å². The molecular formula is C19H21NO4. The first-order valence-corrected chi connectivity index (χ1v) is 7.94. The molecular weight excluding hydrogens is 306 g/mol. The Morgan fingerprint density at radius 3 is 2.67 bits per heavy atom. The molecule has 24 heavy (non-hydrogen) atoms. The minimum atomic E-state index is -0.188. The molecule has 1 heterocycles. The molecule has 5 nitrogen and oxygen atoms in total. The van der Waals surface area contributed by atoms with Crippen molar-refractivity contribution in [3.63, 3.8) is 0 Å². The first-order valence-electron chi connectivity index (χ1n) is 7.94. The number of para-hydroxylation sites is 3. The second-order valence-electron chi connectivity index (χ2n) is 5.83. The van der Waals surface area contributed by atoms with E-state index in [-0.39, 0.29) is 18.6 Å². The number of rotatable bonds is 5. The van der Waals surface area contributed by atoms with Crippen molar-refractivity contribution in [1.82, 2.24) is 4.90 Å². The van der Waals surface area contributed by atoms with Crippen molar-refractivity contribution < 1.29 is 19.0 Å². The molecule has 1 unspecified atom stereocenters. The fraction of sp³-hybridized carbons (Fsp3) is 0.316. The summed E-state index contributed by atoms with van der Waals surface area (Å²) in [6.45, 7) is 2.83. The van der Waals surface area contributed by atoms with E-state index in [1.165, 1.54) is 0 Å². The van der Waals surface area contributed by atoms with Gasteiger partial charge in [0.15, 0.2) is 24.2 Å². The molecule has 5 heteroatoms. The maximum Gasteiger partial charge on any atom is 0.260 e. The third-order valence-electron chi connectivity index (χ3n) is 3.92. The van der Waals surface area contributed by atoms with E-state index in [0.29, 0.717) is 18.9 Å². The van der Waals surface area contributed by atoms with E-state index in [0.717, 1.165) is 17.1 Å². The number of hydrogen-bond donors (Lipinski definition) is 0. The molecule has 1 amide bonds. The normalized spacial score (nSPS) is 15.7. The summed E-state index contributed by atoms with van der Waals surface area (Å²) in [6.07, 6.45) is -0.188. The first kappa shape index (κ1) is 16.2. The van der Waals surface area contributed by atoms with Gasteiger partial charge in [0.25, 0.3) is 5.91 Å². The Balaban J connectivity index is 1.51. The number of fused-ring (bicyclic) bond motifs is 1. The summed E-state index contributed by atoms with van der Waals surface area (Å²) in [6, 6.07) is 15.2. The zero-order chi connectivity index (χ0) is 16.9. The van der Waals surface area contributed by atoms with Crippen LogP contribution in [-0.4, -0.2) is 43.7 Å². The fourth-order valence-corrected chi connectivity index (χ4v) is 2.53. The van der Waals surface area contributed by atoms with E-state index in [4.69, 9.17) is 14.2 Å². The van der Waals surface area contributed by atoms with Gasteiger partial charge in [-0.2, -0.15) is 0 Å². The highest BCUT2D eigenvalue weighted by Gasteiger charge is 2.23. The number of benzene rings is 2. The second kappa shape index (κ2) is 7.25. The molecule has 3 rings (SSSR count). The van der Waals surface area contributed by atoms with Crippen molar-refractivity contribution >= 4 is 5.91 Å². The highest BCUT2D eigenvalue weighted by molar-refractivity contribution is 5.77. The largest absolute Gasteiger partial charge is 0.486 e. The fourth-order valence-electron chi connectivity index (χ4n) is 2.53. The lowest BCUT2D eigenvalue weighted by molar-refractivity contribution is -0.133. The van der Waals surface area contributed by atoms with Gasteiger partial charge in [-0.05, 0) is 30.7 Å². The Hall–Kier alpha value is -2.69. The number of ether oxygens (including phenoxy) is 3. The summed E-state index contributed by atoms with van der Waals surface area (Å²) in [5.41, 5.74) is 1.01. The van der Waals surface area contributed by atoms with Crippen LogP contribution in [0.4, 0.5) is 0 Å². The minimum absolute atomic E-state index is 0.00547. The van der Waals surface area contributed by atoms with E-state index in [2.05, 4.69) is 0 Å². The lowest BCUT2D eigenvalue weighted by Crippen LogP contribution is -2.43. The third-order valence-corrected chi connectivity index (χ3v) is 3.92. The molecule has 0 radical (unpaired) electrons. The molecule has 0 saturated heterocycles. The molecule has 0 fully saturated rings. The maximum absolute atomic E-state index is 12.3. The Morgan fingerprint density at radius 1 is 1.17 bits per heavy atom. The van der Waals surface area contributed by atoms with Crippen LogP contribution in [-0.2, 0) is 4.79 Å². The summed E-state index contributed by atoms with van der Waals surface area (Å²) in [5.74, 6) is 2.09. The SMILES string of the molecule is Cc1ccccc1OCC(=O)N(C)CC1COc2ccccc2O1. The van der Waals surface area contributed by atoms with Gasteiger partial charge in [-0.25, -0.2) is 0 Å². The van der Waals surface area contributed by atoms with Gasteiger partial charge in [0.2, 0.25) is 0 Å². The Labute approximate surface area is 141 Å². The van der Waals surface area contributed by atoms with E-state index < -0.39 is 0 Å². The van der Waals surface area contributed by atoms with Crippen LogP contribution in [0.25, 0.3) is 0 Å². The van der Waals surface area contributed by atoms with Crippen molar-refractivity contribution in [2.24, 2.45) is 0 Å². The first-order chi connectivity index (χ1) is 11.6. The van der Waals surface area contributed by atoms with Crippen molar-refractivity contribution in [1.29, 1.82) is 0 Å². The van der Waals surface area contributed by atoms with Gasteiger partial charge in [0.05, 0.1) is 6.54 Å². The van der Waals surface area contributed by atoms with E-state index >= 15 is 0 Å². The summed E-state index contributed by atoms with van der Waals surface area (Å²) >= 11 is 0. The molecule has 0 N–H and O–H groups in total. The molecule has 1 atom stereocenters. The van der Waals surface area contributed by atoms with Gasteiger partial charge in [-0.1, -0.05) is 30.3 Å². The Bertz CT molecular complexity index is 716. The van der Waals surface area contributed by atoms with Gasteiger partial charge in [0.1, 0.15) is 12.4 Å². The summed E-state index contributed by atoms with van der Waals surface area (Å²) < 4.78 is 17.1. The van der Waals surface area contributed by atoms with Crippen LogP contribution in [0, 0.1) is 6.92 Å². The molecule has 0 bridgehead atoms. The molecule has 126 valence electrons. The minimum Gasteiger partial charge on any atom is -0.486 e. The average molecular weight is 327 g/mol. The number of likely N-dealkylation sites (N-methyl/N-ethyl adjacent to an activating group) is 1. The molecule has 0 aromatic heterocycles. The third kappa shape index (κ3) is 3.79. The molecule has 2 aromatic carbocycles. The predicted octanol–water partition coefficient (Wildman–Crippen LogP) is 2.67. The van der Waals surface area contributed by atoms with Gasteiger partial charge < -0.3 is 19.1 Å². The van der Waals surface area contributed by atoms with Gasteiger partial charge in [0, 0.05) is 7.05 Å². The number of amides is 1. The van der Waals surface area contributed by atoms with Crippen molar-refractivity contribution in [3.05, 3.63) is 54.1 Å². The molecule has 0 saturated carbocycles. The monoisotopic (exact) mass is 327 g/mol. The standard InChI is InChI=1S/C19H21NO4/c1-14-7-3-4-8-16(14)23-13-19(21)20(2)11-15-12-22-17-9-5-6-10-18(17)24-15/h3-10,15H,11-13H2,1-2H3. The zero-order valence-electron chi connectivity index (χ0n) is 13.9. The Morgan fingerprint density at radius 2 is 1.88 bits per heavy atom. The van der Waals surface area contributed by atoms with Crippen molar-refractivity contribution in [2.75, 3.05) is 26.8 Å². The van der Waals surface area contributed by atoms with E-state index in [1.54, 1.807) is 11.9 Å². The summed E-state index contributed by atoms with van der Waals surface area (Å²) in [7, 11) is 1.74. The summed E-state index contributed by atoms with van der Waals surface area (Å²) in [5, 5.41) is 0. The van der Waals surface area contributed by atoms with Crippen LogP contribution in [0.5, 0.6) is 17.2 Å². The van der Waals surface area contributed by atoms with Crippen LogP contribution < -0.4 is 14.2 Å². The zero-order valence-corrected chi connectivity index (χ0v) is 13.9. The maximum atomic E-state index is 12.3. The van der Waals surface area contributed by atoms with Gasteiger partial charge in [-0.3, -0.25) is 4.79 Å². The highest BCUT2D eigenvalue weighted by Crippen LogP contribution is 2.30. The van der Waals surface area contributed by atoms with Crippen LogP contribution in [0.3, 0.4) is 0 Å². The number of aryl methyl sites for hydroxylation is 1. The molecule has 1 aliphatic heterocycles. The second-order valence-corrected chi connectivity index (χ2v) is 5.83. The van der Waals surface area contributed by atoms with Crippen LogP contribution >= 0.6 is 0 Å². The Kier molecular flexibility index (Phi) is 4.89. The lowest BCUT2D eigenvalue weighted by atomic mass is 10.2. The van der Waals surface area contributed by atoms with Gasteiger partial charge >= 0.3 is 0 Å². The van der Waals surface area contributed by atoms with Crippen LogP contribution in [0.1, 0.15) is 5.56 Å². The quantitative estimate of drug-likeness (QED) is 0.847. The van der Waals surface area contributed by atoms with Crippen molar-refractivity contribution in [3.8, 4) is 17.2 Å². The lowest BCUT2D eigenvalue weighted by Gasteiger charge is -2.29. The van der Waals surface area contributed by atoms with E-state index in [9.17, 15) is 4.79 Å². The number of carbonyl (C=O) groups excluding carboxylic acids is 1. The number of carbonyl (C=O) groups is 1.